The quantitative estimate of drug-likeness (QED) is 0.234. The van der Waals surface area contributed by atoms with Gasteiger partial charge in [0, 0.05) is 24.5 Å². The van der Waals surface area contributed by atoms with Crippen LogP contribution in [-0.2, 0) is 31.8 Å². The largest absolute Gasteiger partial charge is 0.497 e. The summed E-state index contributed by atoms with van der Waals surface area (Å²) in [5.41, 5.74) is 1.24. The second kappa shape index (κ2) is 11.8. The Kier molecular flexibility index (Phi) is 8.55. The summed E-state index contributed by atoms with van der Waals surface area (Å²) in [5, 5.41) is 0. The summed E-state index contributed by atoms with van der Waals surface area (Å²) < 4.78 is 76.5. The molecular formula is C29H31N3O8S2. The number of methoxy groups -OCH3 is 2. The summed E-state index contributed by atoms with van der Waals surface area (Å²) in [7, 11) is -4.24. The van der Waals surface area contributed by atoms with Crippen molar-refractivity contribution in [3.63, 3.8) is 0 Å². The second-order valence-corrected chi connectivity index (χ2v) is 12.7. The first-order chi connectivity index (χ1) is 19.8. The van der Waals surface area contributed by atoms with Crippen molar-refractivity contribution in [1.29, 1.82) is 0 Å². The monoisotopic (exact) mass is 613 g/mol. The molecule has 11 nitrogen and oxygen atoms in total. The van der Waals surface area contributed by atoms with Crippen LogP contribution >= 0.6 is 0 Å². The molecular weight excluding hydrogens is 582 g/mol. The average Bonchev–Trinajstić information content (AvgIpc) is 3.19. The maximum atomic E-state index is 13.7. The van der Waals surface area contributed by atoms with Gasteiger partial charge in [-0.25, -0.2) is 21.6 Å². The van der Waals surface area contributed by atoms with E-state index in [1.165, 1.54) is 37.4 Å². The van der Waals surface area contributed by atoms with Crippen LogP contribution in [0.4, 0.5) is 11.4 Å². The van der Waals surface area contributed by atoms with Gasteiger partial charge in [0.15, 0.2) is 0 Å². The number of nitrogens with zero attached hydrogens (tertiary/aromatic N) is 1. The molecule has 4 aromatic rings. The zero-order chi connectivity index (χ0) is 30.8. The highest BCUT2D eigenvalue weighted by atomic mass is 32.2. The number of hydrogen-bond acceptors (Lipinski definition) is 8. The molecule has 0 spiro atoms. The molecule has 3 aromatic carbocycles. The molecule has 1 aromatic heterocycles. The van der Waals surface area contributed by atoms with Crippen LogP contribution in [0, 0.1) is 20.8 Å². The number of nitrogens with one attached hydrogen (secondary N) is 2. The molecule has 0 aliphatic rings. The predicted octanol–water partition coefficient (Wildman–Crippen LogP) is 5.14. The minimum absolute atomic E-state index is 0.0223. The Morgan fingerprint density at radius 2 is 1.29 bits per heavy atom. The lowest BCUT2D eigenvalue weighted by Crippen LogP contribution is -2.20. The molecule has 4 rings (SSSR count). The molecule has 0 atom stereocenters. The minimum atomic E-state index is -4.42. The highest BCUT2D eigenvalue weighted by Gasteiger charge is 2.32. The highest BCUT2D eigenvalue weighted by molar-refractivity contribution is 7.93. The molecule has 0 aliphatic heterocycles. The maximum absolute atomic E-state index is 13.7. The zero-order valence-electron chi connectivity index (χ0n) is 23.9. The van der Waals surface area contributed by atoms with Gasteiger partial charge in [0.1, 0.15) is 27.7 Å². The van der Waals surface area contributed by atoms with Gasteiger partial charge in [0.25, 0.3) is 20.0 Å². The van der Waals surface area contributed by atoms with Gasteiger partial charge in [-0.15, -0.1) is 0 Å². The van der Waals surface area contributed by atoms with Gasteiger partial charge in [-0.2, -0.15) is 0 Å². The fourth-order valence-corrected chi connectivity index (χ4v) is 6.91. The highest BCUT2D eigenvalue weighted by Crippen LogP contribution is 2.35. The second-order valence-electron chi connectivity index (χ2n) is 9.43. The Balaban J connectivity index is 1.79. The number of anilines is 2. The van der Waals surface area contributed by atoms with Gasteiger partial charge in [0.05, 0.1) is 30.5 Å². The summed E-state index contributed by atoms with van der Waals surface area (Å²) >= 11 is 0. The van der Waals surface area contributed by atoms with E-state index in [1.807, 2.05) is 6.92 Å². The summed E-state index contributed by atoms with van der Waals surface area (Å²) in [6, 6.07) is 17.1. The van der Waals surface area contributed by atoms with Gasteiger partial charge in [-0.1, -0.05) is 17.7 Å². The van der Waals surface area contributed by atoms with Gasteiger partial charge in [0.2, 0.25) is 0 Å². The molecule has 0 saturated carbocycles. The summed E-state index contributed by atoms with van der Waals surface area (Å²) in [4.78, 5) is 12.3. The van der Waals surface area contributed by atoms with E-state index in [4.69, 9.17) is 14.2 Å². The summed E-state index contributed by atoms with van der Waals surface area (Å²) in [6.45, 7) is 4.98. The van der Waals surface area contributed by atoms with Crippen molar-refractivity contribution in [2.45, 2.75) is 30.6 Å². The molecule has 0 saturated heterocycles. The van der Waals surface area contributed by atoms with E-state index < -0.39 is 26.0 Å². The number of rotatable bonds is 10. The number of aromatic nitrogens is 1. The van der Waals surface area contributed by atoms with E-state index in [0.717, 1.165) is 12.7 Å². The normalized spacial score (nSPS) is 11.6. The third-order valence-corrected chi connectivity index (χ3v) is 9.60. The predicted molar refractivity (Wildman–Crippen MR) is 159 cm³/mol. The fourth-order valence-electron chi connectivity index (χ4n) is 4.25. The van der Waals surface area contributed by atoms with Gasteiger partial charge in [-0.3, -0.25) is 9.44 Å². The number of aryl methyl sites for hydroxylation is 1. The third-order valence-electron chi connectivity index (χ3n) is 6.69. The topological polar surface area (TPSA) is 142 Å². The van der Waals surface area contributed by atoms with Crippen molar-refractivity contribution in [2.24, 2.45) is 7.05 Å². The molecule has 0 amide bonds. The molecule has 0 bridgehead atoms. The molecule has 0 unspecified atom stereocenters. The molecule has 0 fully saturated rings. The van der Waals surface area contributed by atoms with Crippen molar-refractivity contribution in [1.82, 2.24) is 4.57 Å². The summed E-state index contributed by atoms with van der Waals surface area (Å²) in [6.07, 6.45) is 0. The van der Waals surface area contributed by atoms with Crippen LogP contribution < -0.4 is 18.9 Å². The molecule has 0 aliphatic carbocycles. The van der Waals surface area contributed by atoms with Crippen LogP contribution in [0.5, 0.6) is 17.2 Å². The number of ether oxygens (including phenoxy) is 3. The summed E-state index contributed by atoms with van der Waals surface area (Å²) in [5.74, 6) is 0.470. The van der Waals surface area contributed by atoms with E-state index >= 15 is 0 Å². The Morgan fingerprint density at radius 1 is 0.714 bits per heavy atom. The first kappa shape index (κ1) is 30.5. The van der Waals surface area contributed by atoms with Crippen molar-refractivity contribution < 1.29 is 35.8 Å². The molecule has 0 radical (unpaired) electrons. The SMILES string of the molecule is COC(=O)c1c(S(=O)(=O)Nc2ccc(Oc3ccc(OC)cc3)cc2NS(=O)(=O)c2ccc(C)cc2)c(C)n(C)c1C. The molecule has 13 heteroatoms. The first-order valence-electron chi connectivity index (χ1n) is 12.6. The van der Waals surface area contributed by atoms with Crippen LogP contribution in [0.2, 0.25) is 0 Å². The van der Waals surface area contributed by atoms with Crippen LogP contribution in [0.1, 0.15) is 27.3 Å². The minimum Gasteiger partial charge on any atom is -0.497 e. The first-order valence-corrected chi connectivity index (χ1v) is 15.6. The van der Waals surface area contributed by atoms with Crippen molar-refractivity contribution in [2.75, 3.05) is 23.7 Å². The number of hydrogen-bond donors (Lipinski definition) is 2. The Hall–Kier alpha value is -4.49. The van der Waals surface area contributed by atoms with E-state index in [1.54, 1.807) is 61.9 Å². The number of carbonyl (C=O) groups excluding carboxylic acids is 1. The van der Waals surface area contributed by atoms with E-state index in [0.29, 0.717) is 22.9 Å². The standard InChI is InChI=1S/C29H31N3O8S2/c1-18-7-14-24(15-8-18)41(34,35)31-26-17-23(40-22-11-9-21(38-5)10-12-22)13-16-25(26)30-42(36,37)28-20(3)32(4)19(2)27(28)29(33)39-6/h7-17,30-31H,1-6H3. The van der Waals surface area contributed by atoms with Crippen LogP contribution in [0.25, 0.3) is 0 Å². The lowest BCUT2D eigenvalue weighted by atomic mass is 10.2. The zero-order valence-corrected chi connectivity index (χ0v) is 25.5. The third kappa shape index (κ3) is 6.21. The number of esters is 1. The van der Waals surface area contributed by atoms with Crippen LogP contribution in [-0.4, -0.2) is 41.6 Å². The number of benzene rings is 3. The molecule has 1 heterocycles. The van der Waals surface area contributed by atoms with Crippen molar-refractivity contribution in [3.05, 3.63) is 89.2 Å². The Labute approximate surface area is 245 Å². The van der Waals surface area contributed by atoms with Gasteiger partial charge in [-0.05, 0) is 69.3 Å². The molecule has 222 valence electrons. The van der Waals surface area contributed by atoms with Crippen LogP contribution in [0.15, 0.2) is 76.5 Å². The maximum Gasteiger partial charge on any atom is 0.341 e. The van der Waals surface area contributed by atoms with E-state index in [2.05, 4.69) is 9.44 Å². The van der Waals surface area contributed by atoms with Gasteiger partial charge >= 0.3 is 5.97 Å². The number of carbonyl (C=O) groups is 1. The molecule has 2 N–H and O–H groups in total. The Bertz CT molecular complexity index is 1850. The average molecular weight is 614 g/mol. The van der Waals surface area contributed by atoms with Crippen LogP contribution in [0.3, 0.4) is 0 Å². The van der Waals surface area contributed by atoms with Gasteiger partial charge < -0.3 is 18.8 Å². The fraction of sp³-hybridized carbons (Fsp3) is 0.207. The van der Waals surface area contributed by atoms with E-state index in [9.17, 15) is 21.6 Å². The van der Waals surface area contributed by atoms with Crippen molar-refractivity contribution >= 4 is 37.4 Å². The lowest BCUT2D eigenvalue weighted by molar-refractivity contribution is 0.0595. The van der Waals surface area contributed by atoms with E-state index in [-0.39, 0.29) is 32.5 Å². The number of sulfonamides is 2. The van der Waals surface area contributed by atoms with Crippen molar-refractivity contribution in [3.8, 4) is 17.2 Å². The Morgan fingerprint density at radius 3 is 1.88 bits per heavy atom. The smallest absolute Gasteiger partial charge is 0.341 e. The lowest BCUT2D eigenvalue weighted by Gasteiger charge is -2.17. The molecule has 42 heavy (non-hydrogen) atoms.